The van der Waals surface area contributed by atoms with E-state index in [1.54, 1.807) is 7.05 Å². The third-order valence-electron chi connectivity index (χ3n) is 1.89. The predicted molar refractivity (Wildman–Crippen MR) is 45.2 cm³/mol. The van der Waals surface area contributed by atoms with Crippen LogP contribution in [0.25, 0.3) is 0 Å². The fraction of sp³-hybridized carbons (Fsp3) is 0.333. The van der Waals surface area contributed by atoms with Crippen molar-refractivity contribution in [2.75, 3.05) is 13.7 Å². The summed E-state index contributed by atoms with van der Waals surface area (Å²) in [5, 5.41) is 11.5. The van der Waals surface area contributed by atoms with Gasteiger partial charge in [0, 0.05) is 5.56 Å². The van der Waals surface area contributed by atoms with Gasteiger partial charge in [-0.05, 0) is 13.1 Å². The SMILES string of the molecule is CNC(CO)c1cccc(F)c1F. The Hall–Kier alpha value is -1.00. The molecule has 0 aliphatic rings. The second kappa shape index (κ2) is 4.30. The molecule has 1 atom stereocenters. The van der Waals surface area contributed by atoms with E-state index in [0.29, 0.717) is 0 Å². The fourth-order valence-electron chi connectivity index (χ4n) is 1.13. The van der Waals surface area contributed by atoms with Gasteiger partial charge in [-0.1, -0.05) is 12.1 Å². The van der Waals surface area contributed by atoms with E-state index < -0.39 is 17.7 Å². The van der Waals surface area contributed by atoms with Crippen molar-refractivity contribution in [3.05, 3.63) is 35.4 Å². The molecule has 1 rings (SSSR count). The minimum atomic E-state index is -0.907. The van der Waals surface area contributed by atoms with Crippen LogP contribution in [0.15, 0.2) is 18.2 Å². The lowest BCUT2D eigenvalue weighted by Gasteiger charge is -2.14. The van der Waals surface area contributed by atoms with Gasteiger partial charge in [0.15, 0.2) is 11.6 Å². The average Bonchev–Trinajstić information content (AvgIpc) is 2.14. The largest absolute Gasteiger partial charge is 0.394 e. The quantitative estimate of drug-likeness (QED) is 0.745. The van der Waals surface area contributed by atoms with Crippen LogP contribution in [0.3, 0.4) is 0 Å². The highest BCUT2D eigenvalue weighted by molar-refractivity contribution is 5.22. The second-order valence-corrected chi connectivity index (χ2v) is 2.67. The monoisotopic (exact) mass is 187 g/mol. The van der Waals surface area contributed by atoms with Gasteiger partial charge in [-0.25, -0.2) is 8.78 Å². The number of benzene rings is 1. The van der Waals surface area contributed by atoms with Crippen molar-refractivity contribution in [3.63, 3.8) is 0 Å². The minimum Gasteiger partial charge on any atom is -0.394 e. The van der Waals surface area contributed by atoms with Gasteiger partial charge in [0.05, 0.1) is 12.6 Å². The van der Waals surface area contributed by atoms with Crippen molar-refractivity contribution in [2.45, 2.75) is 6.04 Å². The van der Waals surface area contributed by atoms with Gasteiger partial charge in [-0.15, -0.1) is 0 Å². The molecular weight excluding hydrogens is 176 g/mol. The first-order valence-corrected chi connectivity index (χ1v) is 3.92. The highest BCUT2D eigenvalue weighted by Crippen LogP contribution is 2.18. The highest BCUT2D eigenvalue weighted by Gasteiger charge is 2.15. The molecule has 72 valence electrons. The fourth-order valence-corrected chi connectivity index (χ4v) is 1.13. The van der Waals surface area contributed by atoms with E-state index in [1.165, 1.54) is 12.1 Å². The lowest BCUT2D eigenvalue weighted by atomic mass is 10.1. The Labute approximate surface area is 75.2 Å². The molecule has 13 heavy (non-hydrogen) atoms. The zero-order valence-corrected chi connectivity index (χ0v) is 7.22. The molecule has 0 saturated carbocycles. The van der Waals surface area contributed by atoms with Crippen molar-refractivity contribution in [2.24, 2.45) is 0 Å². The van der Waals surface area contributed by atoms with Crippen molar-refractivity contribution in [1.29, 1.82) is 0 Å². The third-order valence-corrected chi connectivity index (χ3v) is 1.89. The summed E-state index contributed by atoms with van der Waals surface area (Å²) in [5.74, 6) is -1.80. The molecule has 0 fully saturated rings. The van der Waals surface area contributed by atoms with Gasteiger partial charge < -0.3 is 10.4 Å². The van der Waals surface area contributed by atoms with Crippen LogP contribution in [0.2, 0.25) is 0 Å². The Morgan fingerprint density at radius 2 is 2.15 bits per heavy atom. The van der Waals surface area contributed by atoms with Gasteiger partial charge in [0.2, 0.25) is 0 Å². The topological polar surface area (TPSA) is 32.3 Å². The molecule has 0 bridgehead atoms. The Kier molecular flexibility index (Phi) is 3.33. The standard InChI is InChI=1S/C9H11F2NO/c1-12-8(5-13)6-3-2-4-7(10)9(6)11/h2-4,8,12-13H,5H2,1H3. The van der Waals surface area contributed by atoms with Gasteiger partial charge in [0.1, 0.15) is 0 Å². The summed E-state index contributed by atoms with van der Waals surface area (Å²) in [5.41, 5.74) is 0.144. The summed E-state index contributed by atoms with van der Waals surface area (Å²) < 4.78 is 25.8. The van der Waals surface area contributed by atoms with E-state index in [1.807, 2.05) is 0 Å². The molecule has 1 aromatic rings. The Balaban J connectivity index is 3.05. The van der Waals surface area contributed by atoms with Gasteiger partial charge >= 0.3 is 0 Å². The van der Waals surface area contributed by atoms with Crippen molar-refractivity contribution in [3.8, 4) is 0 Å². The third kappa shape index (κ3) is 2.02. The predicted octanol–water partition coefficient (Wildman–Crippen LogP) is 1.22. The normalized spacial score (nSPS) is 12.9. The molecular formula is C9H11F2NO. The first-order valence-electron chi connectivity index (χ1n) is 3.92. The molecule has 0 amide bonds. The average molecular weight is 187 g/mol. The molecule has 1 unspecified atom stereocenters. The smallest absolute Gasteiger partial charge is 0.163 e. The second-order valence-electron chi connectivity index (χ2n) is 2.67. The van der Waals surface area contributed by atoms with Crippen molar-refractivity contribution in [1.82, 2.24) is 5.32 Å². The van der Waals surface area contributed by atoms with Crippen LogP contribution in [0.4, 0.5) is 8.78 Å². The molecule has 0 spiro atoms. The molecule has 0 aromatic heterocycles. The first kappa shape index (κ1) is 10.1. The van der Waals surface area contributed by atoms with Crippen LogP contribution in [0.1, 0.15) is 11.6 Å². The van der Waals surface area contributed by atoms with Gasteiger partial charge in [-0.3, -0.25) is 0 Å². The van der Waals surface area contributed by atoms with E-state index in [-0.39, 0.29) is 12.2 Å². The van der Waals surface area contributed by atoms with Gasteiger partial charge in [-0.2, -0.15) is 0 Å². The number of nitrogens with one attached hydrogen (secondary N) is 1. The lowest BCUT2D eigenvalue weighted by molar-refractivity contribution is 0.247. The number of hydrogen-bond acceptors (Lipinski definition) is 2. The molecule has 0 heterocycles. The van der Waals surface area contributed by atoms with Crippen LogP contribution in [-0.2, 0) is 0 Å². The molecule has 0 radical (unpaired) electrons. The van der Waals surface area contributed by atoms with E-state index in [4.69, 9.17) is 5.11 Å². The van der Waals surface area contributed by atoms with Crippen LogP contribution in [-0.4, -0.2) is 18.8 Å². The summed E-state index contributed by atoms with van der Waals surface area (Å²) in [6.45, 7) is -0.267. The number of halogens is 2. The summed E-state index contributed by atoms with van der Waals surface area (Å²) in [6.07, 6.45) is 0. The van der Waals surface area contributed by atoms with E-state index >= 15 is 0 Å². The summed E-state index contributed by atoms with van der Waals surface area (Å²) in [4.78, 5) is 0. The van der Waals surface area contributed by atoms with Crippen molar-refractivity contribution < 1.29 is 13.9 Å². The number of hydrogen-bond donors (Lipinski definition) is 2. The summed E-state index contributed by atoms with van der Waals surface area (Å²) in [6, 6.07) is 3.34. The Morgan fingerprint density at radius 3 is 2.69 bits per heavy atom. The minimum absolute atomic E-state index is 0.144. The maximum Gasteiger partial charge on any atom is 0.163 e. The molecule has 2 nitrogen and oxygen atoms in total. The molecule has 2 N–H and O–H groups in total. The van der Waals surface area contributed by atoms with Crippen LogP contribution in [0, 0.1) is 11.6 Å². The summed E-state index contributed by atoms with van der Waals surface area (Å²) >= 11 is 0. The zero-order valence-electron chi connectivity index (χ0n) is 7.22. The molecule has 1 aromatic carbocycles. The summed E-state index contributed by atoms with van der Waals surface area (Å²) in [7, 11) is 1.57. The van der Waals surface area contributed by atoms with Gasteiger partial charge in [0.25, 0.3) is 0 Å². The van der Waals surface area contributed by atoms with Crippen LogP contribution >= 0.6 is 0 Å². The van der Waals surface area contributed by atoms with Crippen LogP contribution in [0.5, 0.6) is 0 Å². The van der Waals surface area contributed by atoms with E-state index in [2.05, 4.69) is 5.32 Å². The molecule has 0 saturated heterocycles. The van der Waals surface area contributed by atoms with E-state index in [9.17, 15) is 8.78 Å². The molecule has 0 aliphatic heterocycles. The number of likely N-dealkylation sites (N-methyl/N-ethyl adjacent to an activating group) is 1. The van der Waals surface area contributed by atoms with Crippen molar-refractivity contribution >= 4 is 0 Å². The Bertz CT molecular complexity index is 287. The number of aliphatic hydroxyl groups excluding tert-OH is 1. The number of rotatable bonds is 3. The lowest BCUT2D eigenvalue weighted by Crippen LogP contribution is -2.21. The van der Waals surface area contributed by atoms with Crippen LogP contribution < -0.4 is 5.32 Å². The highest BCUT2D eigenvalue weighted by atomic mass is 19.2. The number of aliphatic hydroxyl groups is 1. The first-order chi connectivity index (χ1) is 6.20. The zero-order chi connectivity index (χ0) is 9.84. The Morgan fingerprint density at radius 1 is 1.46 bits per heavy atom. The maximum absolute atomic E-state index is 13.1. The maximum atomic E-state index is 13.1. The molecule has 4 heteroatoms. The van der Waals surface area contributed by atoms with E-state index in [0.717, 1.165) is 6.07 Å². The molecule has 0 aliphatic carbocycles.